The highest BCUT2D eigenvalue weighted by Crippen LogP contribution is 2.12. The fourth-order valence-corrected chi connectivity index (χ4v) is 1.63. The highest BCUT2D eigenvalue weighted by atomic mass is 16.7. The summed E-state index contributed by atoms with van der Waals surface area (Å²) in [5.74, 6) is -1.00. The van der Waals surface area contributed by atoms with Crippen molar-refractivity contribution in [2.45, 2.75) is 33.5 Å². The SMILES string of the molecule is CCc1ccccc1/C=C/C(OC(C)=O)OC(C)=O. The maximum atomic E-state index is 10.9. The predicted molar refractivity (Wildman–Crippen MR) is 72.2 cm³/mol. The van der Waals surface area contributed by atoms with Crippen LogP contribution in [0.4, 0.5) is 0 Å². The smallest absolute Gasteiger partial charge is 0.305 e. The summed E-state index contributed by atoms with van der Waals surface area (Å²) in [4.78, 5) is 21.8. The van der Waals surface area contributed by atoms with Crippen molar-refractivity contribution in [3.63, 3.8) is 0 Å². The molecule has 0 N–H and O–H groups in total. The van der Waals surface area contributed by atoms with Crippen LogP contribution in [0.1, 0.15) is 31.9 Å². The van der Waals surface area contributed by atoms with Crippen LogP contribution in [-0.4, -0.2) is 18.2 Å². The number of carbonyl (C=O) groups is 2. The molecule has 0 spiro atoms. The number of rotatable bonds is 5. The van der Waals surface area contributed by atoms with E-state index in [1.54, 1.807) is 12.2 Å². The summed E-state index contributed by atoms with van der Waals surface area (Å²) >= 11 is 0. The van der Waals surface area contributed by atoms with Crippen molar-refractivity contribution >= 4 is 18.0 Å². The minimum Gasteiger partial charge on any atom is -0.421 e. The van der Waals surface area contributed by atoms with E-state index in [4.69, 9.17) is 9.47 Å². The number of carbonyl (C=O) groups excluding carboxylic acids is 2. The molecule has 1 rings (SSSR count). The van der Waals surface area contributed by atoms with Gasteiger partial charge >= 0.3 is 11.9 Å². The summed E-state index contributed by atoms with van der Waals surface area (Å²) in [6, 6.07) is 7.86. The van der Waals surface area contributed by atoms with Gasteiger partial charge in [-0.25, -0.2) is 0 Å². The zero-order valence-corrected chi connectivity index (χ0v) is 11.4. The Balaban J connectivity index is 2.84. The van der Waals surface area contributed by atoms with Gasteiger partial charge in [0, 0.05) is 13.8 Å². The van der Waals surface area contributed by atoms with Crippen LogP contribution in [0.15, 0.2) is 30.3 Å². The van der Waals surface area contributed by atoms with Crippen LogP contribution in [0.25, 0.3) is 6.08 Å². The molecule has 0 bridgehead atoms. The zero-order valence-electron chi connectivity index (χ0n) is 11.4. The van der Waals surface area contributed by atoms with Crippen molar-refractivity contribution < 1.29 is 19.1 Å². The first-order valence-electron chi connectivity index (χ1n) is 6.13. The van der Waals surface area contributed by atoms with Crippen LogP contribution in [0, 0.1) is 0 Å². The molecule has 1 aromatic carbocycles. The Bertz CT molecular complexity index is 461. The largest absolute Gasteiger partial charge is 0.421 e. The first-order chi connectivity index (χ1) is 9.02. The molecule has 0 radical (unpaired) electrons. The molecule has 4 heteroatoms. The third kappa shape index (κ3) is 5.38. The number of aryl methyl sites for hydroxylation is 1. The molecular formula is C15H18O4. The molecule has 0 heterocycles. The zero-order chi connectivity index (χ0) is 14.3. The van der Waals surface area contributed by atoms with Gasteiger partial charge < -0.3 is 9.47 Å². The molecule has 0 aliphatic carbocycles. The van der Waals surface area contributed by atoms with E-state index in [0.717, 1.165) is 12.0 Å². The van der Waals surface area contributed by atoms with Gasteiger partial charge in [-0.1, -0.05) is 37.3 Å². The first-order valence-corrected chi connectivity index (χ1v) is 6.13. The van der Waals surface area contributed by atoms with Gasteiger partial charge in [-0.2, -0.15) is 0 Å². The van der Waals surface area contributed by atoms with Crippen molar-refractivity contribution in [3.8, 4) is 0 Å². The quantitative estimate of drug-likeness (QED) is 0.604. The summed E-state index contributed by atoms with van der Waals surface area (Å²) in [6.07, 6.45) is 3.25. The summed E-state index contributed by atoms with van der Waals surface area (Å²) in [7, 11) is 0. The fourth-order valence-electron chi connectivity index (χ4n) is 1.63. The van der Waals surface area contributed by atoms with Crippen molar-refractivity contribution in [3.05, 3.63) is 41.5 Å². The Labute approximate surface area is 113 Å². The lowest BCUT2D eigenvalue weighted by Gasteiger charge is -2.12. The van der Waals surface area contributed by atoms with Crippen LogP contribution in [0.5, 0.6) is 0 Å². The van der Waals surface area contributed by atoms with E-state index in [2.05, 4.69) is 6.92 Å². The van der Waals surface area contributed by atoms with Gasteiger partial charge in [0.2, 0.25) is 0 Å². The molecule has 0 fully saturated rings. The Kier molecular flexibility index (Phi) is 5.79. The molecule has 4 nitrogen and oxygen atoms in total. The molecule has 0 unspecified atom stereocenters. The van der Waals surface area contributed by atoms with Crippen LogP contribution in [-0.2, 0) is 25.5 Å². The Morgan fingerprint density at radius 3 is 2.26 bits per heavy atom. The van der Waals surface area contributed by atoms with E-state index in [1.807, 2.05) is 24.3 Å². The molecule has 0 saturated heterocycles. The highest BCUT2D eigenvalue weighted by Gasteiger charge is 2.11. The molecule has 0 aromatic heterocycles. The second kappa shape index (κ2) is 7.36. The third-order valence-electron chi connectivity index (χ3n) is 2.43. The topological polar surface area (TPSA) is 52.6 Å². The van der Waals surface area contributed by atoms with E-state index in [0.29, 0.717) is 0 Å². The highest BCUT2D eigenvalue weighted by molar-refractivity contribution is 5.69. The molecule has 102 valence electrons. The van der Waals surface area contributed by atoms with Crippen LogP contribution in [0.2, 0.25) is 0 Å². The maximum absolute atomic E-state index is 10.9. The molecule has 0 atom stereocenters. The molecular weight excluding hydrogens is 244 g/mol. The van der Waals surface area contributed by atoms with Gasteiger partial charge in [0.15, 0.2) is 0 Å². The van der Waals surface area contributed by atoms with Crippen molar-refractivity contribution in [1.29, 1.82) is 0 Å². The Morgan fingerprint density at radius 1 is 1.16 bits per heavy atom. The Morgan fingerprint density at radius 2 is 1.74 bits per heavy atom. The number of ether oxygens (including phenoxy) is 2. The number of esters is 2. The van der Waals surface area contributed by atoms with E-state index >= 15 is 0 Å². The third-order valence-corrected chi connectivity index (χ3v) is 2.43. The lowest BCUT2D eigenvalue weighted by atomic mass is 10.1. The summed E-state index contributed by atoms with van der Waals surface area (Å²) in [5.41, 5.74) is 2.18. The predicted octanol–water partition coefficient (Wildman–Crippen LogP) is 2.71. The molecule has 0 amide bonds. The van der Waals surface area contributed by atoms with Gasteiger partial charge in [0.1, 0.15) is 0 Å². The lowest BCUT2D eigenvalue weighted by molar-refractivity contribution is -0.176. The van der Waals surface area contributed by atoms with Crippen LogP contribution in [0.3, 0.4) is 0 Å². The average Bonchev–Trinajstić information content (AvgIpc) is 2.35. The van der Waals surface area contributed by atoms with Crippen molar-refractivity contribution in [1.82, 2.24) is 0 Å². The van der Waals surface area contributed by atoms with E-state index in [-0.39, 0.29) is 0 Å². The van der Waals surface area contributed by atoms with E-state index in [9.17, 15) is 9.59 Å². The summed E-state index contributed by atoms with van der Waals surface area (Å²) in [6.45, 7) is 4.59. The van der Waals surface area contributed by atoms with Crippen molar-refractivity contribution in [2.24, 2.45) is 0 Å². The van der Waals surface area contributed by atoms with Gasteiger partial charge in [0.05, 0.1) is 0 Å². The molecule has 0 aliphatic rings. The van der Waals surface area contributed by atoms with Crippen LogP contribution < -0.4 is 0 Å². The molecule has 0 saturated carbocycles. The van der Waals surface area contributed by atoms with Gasteiger partial charge in [-0.05, 0) is 23.6 Å². The number of benzene rings is 1. The first kappa shape index (κ1) is 15.0. The fraction of sp³-hybridized carbons (Fsp3) is 0.333. The van der Waals surface area contributed by atoms with Crippen LogP contribution >= 0.6 is 0 Å². The van der Waals surface area contributed by atoms with Gasteiger partial charge in [0.25, 0.3) is 6.29 Å². The second-order valence-corrected chi connectivity index (χ2v) is 4.00. The van der Waals surface area contributed by atoms with E-state index in [1.165, 1.54) is 19.4 Å². The maximum Gasteiger partial charge on any atom is 0.305 e. The number of hydrogen-bond donors (Lipinski definition) is 0. The molecule has 19 heavy (non-hydrogen) atoms. The number of hydrogen-bond acceptors (Lipinski definition) is 4. The van der Waals surface area contributed by atoms with Gasteiger partial charge in [-0.15, -0.1) is 0 Å². The second-order valence-electron chi connectivity index (χ2n) is 4.00. The minimum absolute atomic E-state index is 0.500. The summed E-state index contributed by atoms with van der Waals surface area (Å²) in [5, 5.41) is 0. The van der Waals surface area contributed by atoms with Gasteiger partial charge in [-0.3, -0.25) is 9.59 Å². The van der Waals surface area contributed by atoms with E-state index < -0.39 is 18.2 Å². The monoisotopic (exact) mass is 262 g/mol. The normalized spacial score (nSPS) is 10.7. The van der Waals surface area contributed by atoms with Crippen molar-refractivity contribution in [2.75, 3.05) is 0 Å². The Hall–Kier alpha value is -2.10. The molecule has 1 aromatic rings. The molecule has 0 aliphatic heterocycles. The summed E-state index contributed by atoms with van der Waals surface area (Å²) < 4.78 is 9.78. The average molecular weight is 262 g/mol. The lowest BCUT2D eigenvalue weighted by Crippen LogP contribution is -2.20. The standard InChI is InChI=1S/C15H18O4/c1-4-13-7-5-6-8-14(13)9-10-15(18-11(2)16)19-12(3)17/h5-10,15H,4H2,1-3H3/b10-9+. The minimum atomic E-state index is -0.986.